The van der Waals surface area contributed by atoms with Gasteiger partial charge in [-0.15, -0.1) is 32.9 Å². The van der Waals surface area contributed by atoms with Gasteiger partial charge in [0.1, 0.15) is 5.00 Å². The van der Waals surface area contributed by atoms with E-state index in [-0.39, 0.29) is 23.1 Å². The fourth-order valence-corrected chi connectivity index (χ4v) is 6.07. The van der Waals surface area contributed by atoms with Crippen LogP contribution in [0.15, 0.2) is 16.6 Å². The highest BCUT2D eigenvalue weighted by Gasteiger charge is 2.27. The van der Waals surface area contributed by atoms with Gasteiger partial charge in [0, 0.05) is 36.5 Å². The Balaban J connectivity index is 1.77. The summed E-state index contributed by atoms with van der Waals surface area (Å²) < 4.78 is 6.85. The third kappa shape index (κ3) is 5.34. The zero-order valence-corrected chi connectivity index (χ0v) is 22.4. The average Bonchev–Trinajstić information content (AvgIpc) is 3.53. The molecular formula is C22H27N5O4S3. The lowest BCUT2D eigenvalue weighted by molar-refractivity contribution is -0.113. The highest BCUT2D eigenvalue weighted by molar-refractivity contribution is 7.99. The SMILES string of the molecule is CCc1cc(-c2nnc(SCC(=O)Nc3sc(C(=O)N(C)C)c(C)c3C(=O)OC)n2CC)cs1. The van der Waals surface area contributed by atoms with E-state index in [0.29, 0.717) is 27.1 Å². The normalized spacial score (nSPS) is 10.9. The monoisotopic (exact) mass is 521 g/mol. The minimum Gasteiger partial charge on any atom is -0.465 e. The van der Waals surface area contributed by atoms with Crippen LogP contribution >= 0.6 is 34.4 Å². The molecule has 0 saturated carbocycles. The number of methoxy groups -OCH3 is 1. The lowest BCUT2D eigenvalue weighted by atomic mass is 10.1. The standard InChI is InChI=1S/C22H27N5O4S3/c1-7-14-9-13(10-32-14)18-24-25-22(27(18)8-2)33-11-15(28)23-19-16(21(30)31-6)12(3)17(34-19)20(29)26(4)5/h9-10H,7-8,11H2,1-6H3,(H,23,28). The molecule has 0 unspecified atom stereocenters. The number of rotatable bonds is 9. The molecule has 182 valence electrons. The fraction of sp³-hybridized carbons (Fsp3) is 0.409. The molecule has 12 heteroatoms. The van der Waals surface area contributed by atoms with Crippen LogP contribution in [0.5, 0.6) is 0 Å². The fourth-order valence-electron chi connectivity index (χ4n) is 3.23. The summed E-state index contributed by atoms with van der Waals surface area (Å²) in [6.45, 7) is 6.45. The number of aromatic nitrogens is 3. The molecule has 2 amide bonds. The summed E-state index contributed by atoms with van der Waals surface area (Å²) in [4.78, 5) is 40.7. The summed E-state index contributed by atoms with van der Waals surface area (Å²) >= 11 is 4.02. The van der Waals surface area contributed by atoms with Crippen molar-refractivity contribution in [1.82, 2.24) is 19.7 Å². The topological polar surface area (TPSA) is 106 Å². The van der Waals surface area contributed by atoms with Crippen molar-refractivity contribution >= 4 is 57.2 Å². The molecule has 0 atom stereocenters. The molecule has 0 aliphatic rings. The Labute approximate surface area is 210 Å². The molecular weight excluding hydrogens is 494 g/mol. The molecule has 0 saturated heterocycles. The second kappa shape index (κ2) is 11.2. The van der Waals surface area contributed by atoms with E-state index in [1.165, 1.54) is 28.6 Å². The van der Waals surface area contributed by atoms with Crippen molar-refractivity contribution in [3.8, 4) is 11.4 Å². The van der Waals surface area contributed by atoms with Crippen LogP contribution in [0.2, 0.25) is 0 Å². The average molecular weight is 522 g/mol. The van der Waals surface area contributed by atoms with Crippen molar-refractivity contribution in [2.75, 3.05) is 32.3 Å². The van der Waals surface area contributed by atoms with Crippen molar-refractivity contribution in [3.05, 3.63) is 32.3 Å². The Hall–Kier alpha value is -2.70. The first-order valence-corrected chi connectivity index (χ1v) is 13.3. The van der Waals surface area contributed by atoms with Gasteiger partial charge in [0.2, 0.25) is 5.91 Å². The maximum Gasteiger partial charge on any atom is 0.341 e. The summed E-state index contributed by atoms with van der Waals surface area (Å²) in [5.41, 5.74) is 1.69. The summed E-state index contributed by atoms with van der Waals surface area (Å²) in [5.74, 6) is -0.333. The minimum absolute atomic E-state index is 0.0660. The third-order valence-corrected chi connectivity index (χ3v) is 8.26. The molecule has 0 spiro atoms. The van der Waals surface area contributed by atoms with Crippen molar-refractivity contribution in [3.63, 3.8) is 0 Å². The second-order valence-corrected chi connectivity index (χ2v) is 10.5. The molecule has 34 heavy (non-hydrogen) atoms. The lowest BCUT2D eigenvalue weighted by Crippen LogP contribution is -2.21. The van der Waals surface area contributed by atoms with Crippen molar-refractivity contribution in [2.45, 2.75) is 38.9 Å². The Morgan fingerprint density at radius 3 is 2.56 bits per heavy atom. The Morgan fingerprint density at radius 2 is 1.97 bits per heavy atom. The van der Waals surface area contributed by atoms with Gasteiger partial charge in [-0.2, -0.15) is 0 Å². The van der Waals surface area contributed by atoms with E-state index < -0.39 is 5.97 Å². The number of hydrogen-bond donors (Lipinski definition) is 1. The van der Waals surface area contributed by atoms with Gasteiger partial charge < -0.3 is 19.5 Å². The minimum atomic E-state index is -0.605. The van der Waals surface area contributed by atoms with E-state index in [4.69, 9.17) is 4.74 Å². The maximum atomic E-state index is 12.8. The van der Waals surface area contributed by atoms with E-state index in [1.54, 1.807) is 32.4 Å². The number of carbonyl (C=O) groups is 3. The number of amides is 2. The van der Waals surface area contributed by atoms with Crippen LogP contribution in [0, 0.1) is 6.92 Å². The first-order chi connectivity index (χ1) is 16.2. The van der Waals surface area contributed by atoms with Gasteiger partial charge in [-0.05, 0) is 31.9 Å². The van der Waals surface area contributed by atoms with Gasteiger partial charge >= 0.3 is 5.97 Å². The second-order valence-electron chi connectivity index (χ2n) is 7.49. The Bertz CT molecular complexity index is 1210. The zero-order valence-electron chi connectivity index (χ0n) is 19.9. The maximum absolute atomic E-state index is 12.8. The first kappa shape index (κ1) is 25.9. The van der Waals surface area contributed by atoms with Crippen LogP contribution in [-0.4, -0.2) is 64.4 Å². The van der Waals surface area contributed by atoms with Gasteiger partial charge in [-0.1, -0.05) is 18.7 Å². The molecule has 3 rings (SSSR count). The molecule has 0 aromatic carbocycles. The number of carbonyl (C=O) groups excluding carboxylic acids is 3. The number of hydrogen-bond acceptors (Lipinski definition) is 9. The summed E-state index contributed by atoms with van der Waals surface area (Å²) in [5, 5.41) is 14.4. The van der Waals surface area contributed by atoms with Crippen LogP contribution in [0.3, 0.4) is 0 Å². The molecule has 3 heterocycles. The Kier molecular flexibility index (Phi) is 8.50. The molecule has 0 bridgehead atoms. The van der Waals surface area contributed by atoms with Crippen molar-refractivity contribution in [1.29, 1.82) is 0 Å². The predicted octanol–water partition coefficient (Wildman–Crippen LogP) is 4.18. The van der Waals surface area contributed by atoms with Crippen molar-refractivity contribution < 1.29 is 19.1 Å². The molecule has 0 fully saturated rings. The van der Waals surface area contributed by atoms with Crippen LogP contribution < -0.4 is 5.32 Å². The third-order valence-electron chi connectivity index (χ3n) is 5.02. The largest absolute Gasteiger partial charge is 0.465 e. The smallest absolute Gasteiger partial charge is 0.341 e. The number of thioether (sulfide) groups is 1. The number of nitrogens with one attached hydrogen (secondary N) is 1. The van der Waals surface area contributed by atoms with E-state index >= 15 is 0 Å². The number of ether oxygens (including phenoxy) is 1. The van der Waals surface area contributed by atoms with E-state index in [0.717, 1.165) is 29.1 Å². The number of aryl methyl sites for hydroxylation is 1. The van der Waals surface area contributed by atoms with Gasteiger partial charge in [0.05, 0.1) is 23.3 Å². The molecule has 0 aliphatic heterocycles. The highest BCUT2D eigenvalue weighted by Crippen LogP contribution is 2.35. The lowest BCUT2D eigenvalue weighted by Gasteiger charge is -2.08. The van der Waals surface area contributed by atoms with E-state index in [1.807, 2.05) is 11.5 Å². The van der Waals surface area contributed by atoms with Crippen LogP contribution in [0.4, 0.5) is 5.00 Å². The number of anilines is 1. The van der Waals surface area contributed by atoms with Gasteiger partial charge in [-0.25, -0.2) is 4.79 Å². The van der Waals surface area contributed by atoms with Crippen LogP contribution in [0.1, 0.15) is 44.3 Å². The van der Waals surface area contributed by atoms with Gasteiger partial charge in [0.25, 0.3) is 5.91 Å². The summed E-state index contributed by atoms with van der Waals surface area (Å²) in [6.07, 6.45) is 0.963. The van der Waals surface area contributed by atoms with E-state index in [2.05, 4.69) is 33.9 Å². The predicted molar refractivity (Wildman–Crippen MR) is 136 cm³/mol. The van der Waals surface area contributed by atoms with Gasteiger partial charge in [0.15, 0.2) is 11.0 Å². The molecule has 3 aromatic rings. The molecule has 0 radical (unpaired) electrons. The quantitative estimate of drug-likeness (QED) is 0.333. The van der Waals surface area contributed by atoms with Crippen LogP contribution in [0.25, 0.3) is 11.4 Å². The molecule has 0 aliphatic carbocycles. The van der Waals surface area contributed by atoms with Gasteiger partial charge in [-0.3, -0.25) is 9.59 Å². The molecule has 9 nitrogen and oxygen atoms in total. The molecule has 1 N–H and O–H groups in total. The summed E-state index contributed by atoms with van der Waals surface area (Å²) in [7, 11) is 4.53. The Morgan fingerprint density at radius 1 is 1.24 bits per heavy atom. The van der Waals surface area contributed by atoms with Crippen LogP contribution in [-0.2, 0) is 22.5 Å². The highest BCUT2D eigenvalue weighted by atomic mass is 32.2. The number of thiophene rings is 2. The first-order valence-electron chi connectivity index (χ1n) is 10.6. The van der Waals surface area contributed by atoms with Crippen molar-refractivity contribution in [2.24, 2.45) is 0 Å². The summed E-state index contributed by atoms with van der Waals surface area (Å²) in [6, 6.07) is 2.11. The van der Waals surface area contributed by atoms with E-state index in [9.17, 15) is 14.4 Å². The zero-order chi connectivity index (χ0) is 25.0. The molecule has 3 aromatic heterocycles. The number of nitrogens with zero attached hydrogens (tertiary/aromatic N) is 4. The number of esters is 1.